The Kier molecular flexibility index (Phi) is 4.30. The van der Waals surface area contributed by atoms with Gasteiger partial charge in [0.15, 0.2) is 17.1 Å². The Hall–Kier alpha value is -2.79. The maximum Gasteiger partial charge on any atom is 0.291 e. The number of carbonyl (C=O) groups is 1. The second-order valence-electron chi connectivity index (χ2n) is 5.08. The van der Waals surface area contributed by atoms with Crippen molar-refractivity contribution in [2.45, 2.75) is 6.61 Å². The van der Waals surface area contributed by atoms with Gasteiger partial charge in [0.25, 0.3) is 5.91 Å². The third-order valence-corrected chi connectivity index (χ3v) is 3.45. The Bertz CT molecular complexity index is 838. The number of methoxy groups -OCH3 is 2. The van der Waals surface area contributed by atoms with Gasteiger partial charge in [-0.2, -0.15) is 0 Å². The summed E-state index contributed by atoms with van der Waals surface area (Å²) in [7, 11) is 3.20. The molecule has 0 aliphatic rings. The molecule has 5 nitrogen and oxygen atoms in total. The van der Waals surface area contributed by atoms with Gasteiger partial charge in [0, 0.05) is 18.2 Å². The Balaban J connectivity index is 1.84. The van der Waals surface area contributed by atoms with Crippen LogP contribution in [-0.2, 0) is 11.3 Å². The van der Waals surface area contributed by atoms with E-state index in [0.29, 0.717) is 23.6 Å². The second kappa shape index (κ2) is 6.54. The van der Waals surface area contributed by atoms with Crippen molar-refractivity contribution in [1.82, 2.24) is 0 Å². The van der Waals surface area contributed by atoms with Crippen molar-refractivity contribution >= 4 is 22.6 Å². The van der Waals surface area contributed by atoms with Gasteiger partial charge in [-0.1, -0.05) is 24.3 Å². The summed E-state index contributed by atoms with van der Waals surface area (Å²) in [5.41, 5.74) is 2.24. The highest BCUT2D eigenvalue weighted by atomic mass is 16.5. The molecule has 118 valence electrons. The zero-order valence-corrected chi connectivity index (χ0v) is 13.0. The SMILES string of the molecule is COCc1cccc(NC(=O)c2cc3cccc(OC)c3o2)c1. The Morgan fingerprint density at radius 3 is 2.74 bits per heavy atom. The fourth-order valence-electron chi connectivity index (χ4n) is 2.41. The van der Waals surface area contributed by atoms with Crippen LogP contribution in [0.4, 0.5) is 5.69 Å². The normalized spacial score (nSPS) is 10.7. The van der Waals surface area contributed by atoms with Gasteiger partial charge in [0.05, 0.1) is 13.7 Å². The van der Waals surface area contributed by atoms with E-state index in [0.717, 1.165) is 10.9 Å². The predicted molar refractivity (Wildman–Crippen MR) is 87.9 cm³/mol. The second-order valence-corrected chi connectivity index (χ2v) is 5.08. The zero-order chi connectivity index (χ0) is 16.2. The molecule has 0 fully saturated rings. The first-order valence-electron chi connectivity index (χ1n) is 7.17. The van der Waals surface area contributed by atoms with Crippen LogP contribution in [0.5, 0.6) is 5.75 Å². The molecule has 3 rings (SSSR count). The van der Waals surface area contributed by atoms with Crippen molar-refractivity contribution < 1.29 is 18.7 Å². The molecular weight excluding hydrogens is 294 g/mol. The fourth-order valence-corrected chi connectivity index (χ4v) is 2.41. The van der Waals surface area contributed by atoms with Gasteiger partial charge in [-0.05, 0) is 29.8 Å². The average molecular weight is 311 g/mol. The molecular formula is C18H17NO4. The van der Waals surface area contributed by atoms with E-state index in [4.69, 9.17) is 13.9 Å². The van der Waals surface area contributed by atoms with Gasteiger partial charge in [-0.25, -0.2) is 0 Å². The molecule has 0 bridgehead atoms. The summed E-state index contributed by atoms with van der Waals surface area (Å²) in [4.78, 5) is 12.4. The van der Waals surface area contributed by atoms with E-state index in [2.05, 4.69) is 5.32 Å². The maximum atomic E-state index is 12.4. The monoisotopic (exact) mass is 311 g/mol. The number of hydrogen-bond acceptors (Lipinski definition) is 4. The molecule has 1 amide bonds. The molecule has 0 spiro atoms. The fraction of sp³-hybridized carbons (Fsp3) is 0.167. The molecule has 3 aromatic rings. The number of amides is 1. The molecule has 0 aliphatic carbocycles. The molecule has 1 aromatic heterocycles. The molecule has 1 heterocycles. The highest BCUT2D eigenvalue weighted by Gasteiger charge is 2.15. The quantitative estimate of drug-likeness (QED) is 0.777. The van der Waals surface area contributed by atoms with Gasteiger partial charge in [-0.3, -0.25) is 4.79 Å². The Morgan fingerprint density at radius 1 is 1.13 bits per heavy atom. The number of fused-ring (bicyclic) bond motifs is 1. The first-order chi connectivity index (χ1) is 11.2. The van der Waals surface area contributed by atoms with Crippen LogP contribution in [0, 0.1) is 0 Å². The maximum absolute atomic E-state index is 12.4. The van der Waals surface area contributed by atoms with Gasteiger partial charge in [0.2, 0.25) is 0 Å². The van der Waals surface area contributed by atoms with Crippen LogP contribution < -0.4 is 10.1 Å². The van der Waals surface area contributed by atoms with Gasteiger partial charge < -0.3 is 19.2 Å². The lowest BCUT2D eigenvalue weighted by molar-refractivity contribution is 0.0998. The van der Waals surface area contributed by atoms with Crippen molar-refractivity contribution in [1.29, 1.82) is 0 Å². The van der Waals surface area contributed by atoms with Crippen LogP contribution in [0.25, 0.3) is 11.0 Å². The summed E-state index contributed by atoms with van der Waals surface area (Å²) < 4.78 is 16.0. The van der Waals surface area contributed by atoms with Gasteiger partial charge >= 0.3 is 0 Å². The Labute approximate surface area is 133 Å². The van der Waals surface area contributed by atoms with Crippen LogP contribution in [0.3, 0.4) is 0 Å². The number of hydrogen-bond donors (Lipinski definition) is 1. The third-order valence-electron chi connectivity index (χ3n) is 3.45. The third kappa shape index (κ3) is 3.19. The molecule has 0 saturated heterocycles. The van der Waals surface area contributed by atoms with Crippen LogP contribution in [-0.4, -0.2) is 20.1 Å². The number of rotatable bonds is 5. The molecule has 5 heteroatoms. The van der Waals surface area contributed by atoms with E-state index in [-0.39, 0.29) is 11.7 Å². The number of anilines is 1. The average Bonchev–Trinajstić information content (AvgIpc) is 3.00. The van der Waals surface area contributed by atoms with Crippen molar-refractivity contribution in [3.05, 3.63) is 59.9 Å². The van der Waals surface area contributed by atoms with Crippen LogP contribution in [0.15, 0.2) is 52.9 Å². The van der Waals surface area contributed by atoms with Crippen molar-refractivity contribution in [3.8, 4) is 5.75 Å². The molecule has 23 heavy (non-hydrogen) atoms. The van der Waals surface area contributed by atoms with E-state index in [1.54, 1.807) is 26.4 Å². The van der Waals surface area contributed by atoms with Gasteiger partial charge in [-0.15, -0.1) is 0 Å². The summed E-state index contributed by atoms with van der Waals surface area (Å²) in [5.74, 6) is 0.531. The van der Waals surface area contributed by atoms with Crippen molar-refractivity contribution in [2.75, 3.05) is 19.5 Å². The predicted octanol–water partition coefficient (Wildman–Crippen LogP) is 3.84. The number of nitrogens with one attached hydrogen (secondary N) is 1. The minimum atomic E-state index is -0.308. The molecule has 1 N–H and O–H groups in total. The zero-order valence-electron chi connectivity index (χ0n) is 13.0. The lowest BCUT2D eigenvalue weighted by Crippen LogP contribution is -2.11. The first kappa shape index (κ1) is 15.1. The smallest absolute Gasteiger partial charge is 0.291 e. The van der Waals surface area contributed by atoms with E-state index in [9.17, 15) is 4.79 Å². The van der Waals surface area contributed by atoms with E-state index < -0.39 is 0 Å². The Morgan fingerprint density at radius 2 is 1.96 bits per heavy atom. The number of carbonyl (C=O) groups excluding carboxylic acids is 1. The molecule has 0 radical (unpaired) electrons. The lowest BCUT2D eigenvalue weighted by atomic mass is 10.2. The minimum absolute atomic E-state index is 0.238. The minimum Gasteiger partial charge on any atom is -0.493 e. The van der Waals surface area contributed by atoms with Crippen LogP contribution in [0.1, 0.15) is 16.1 Å². The molecule has 0 unspecified atom stereocenters. The number of benzene rings is 2. The van der Waals surface area contributed by atoms with Gasteiger partial charge in [0.1, 0.15) is 0 Å². The highest BCUT2D eigenvalue weighted by Crippen LogP contribution is 2.28. The molecule has 0 saturated carbocycles. The summed E-state index contributed by atoms with van der Waals surface area (Å²) >= 11 is 0. The number of para-hydroxylation sites is 1. The molecule has 2 aromatic carbocycles. The lowest BCUT2D eigenvalue weighted by Gasteiger charge is -2.05. The molecule has 0 atom stereocenters. The van der Waals surface area contributed by atoms with Crippen LogP contribution >= 0.6 is 0 Å². The topological polar surface area (TPSA) is 60.7 Å². The first-order valence-corrected chi connectivity index (χ1v) is 7.17. The number of ether oxygens (including phenoxy) is 2. The summed E-state index contributed by atoms with van der Waals surface area (Å²) in [6.07, 6.45) is 0. The summed E-state index contributed by atoms with van der Waals surface area (Å²) in [6, 6.07) is 14.7. The highest BCUT2D eigenvalue weighted by molar-refractivity contribution is 6.05. The van der Waals surface area contributed by atoms with Crippen molar-refractivity contribution in [2.24, 2.45) is 0 Å². The largest absolute Gasteiger partial charge is 0.493 e. The summed E-state index contributed by atoms with van der Waals surface area (Å²) in [6.45, 7) is 0.492. The van der Waals surface area contributed by atoms with Crippen molar-refractivity contribution in [3.63, 3.8) is 0 Å². The molecule has 0 aliphatic heterocycles. The number of furan rings is 1. The van der Waals surface area contributed by atoms with E-state index in [1.807, 2.05) is 36.4 Å². The standard InChI is InChI=1S/C18H17NO4/c1-21-11-12-5-3-7-14(9-12)19-18(20)16-10-13-6-4-8-15(22-2)17(13)23-16/h3-10H,11H2,1-2H3,(H,19,20). The van der Waals surface area contributed by atoms with E-state index in [1.165, 1.54) is 0 Å². The van der Waals surface area contributed by atoms with Crippen LogP contribution in [0.2, 0.25) is 0 Å². The van der Waals surface area contributed by atoms with E-state index >= 15 is 0 Å². The summed E-state index contributed by atoms with van der Waals surface area (Å²) in [5, 5.41) is 3.65.